The molecule has 0 spiro atoms. The second kappa shape index (κ2) is 4.61. The van der Waals surface area contributed by atoms with Crippen LogP contribution in [0.1, 0.15) is 11.3 Å². The fourth-order valence-electron chi connectivity index (χ4n) is 2.07. The molecule has 2 N–H and O–H groups in total. The van der Waals surface area contributed by atoms with Gasteiger partial charge in [-0.05, 0) is 6.07 Å². The normalized spacial score (nSPS) is 10.8. The zero-order chi connectivity index (χ0) is 13.2. The molecule has 0 saturated carbocycles. The average Bonchev–Trinajstić information content (AvgIpc) is 2.80. The Kier molecular flexibility index (Phi) is 2.79. The highest BCUT2D eigenvalue weighted by molar-refractivity contribution is 5.46. The Labute approximate surface area is 110 Å². The maximum Gasteiger partial charge on any atom is 0.155 e. The van der Waals surface area contributed by atoms with Crippen LogP contribution in [0.2, 0.25) is 0 Å². The highest BCUT2D eigenvalue weighted by Crippen LogP contribution is 2.20. The summed E-state index contributed by atoms with van der Waals surface area (Å²) in [6.45, 7) is 0. The van der Waals surface area contributed by atoms with E-state index in [4.69, 9.17) is 10.5 Å². The molecule has 19 heavy (non-hydrogen) atoms. The maximum atomic E-state index is 5.69. The molecule has 2 aromatic heterocycles. The van der Waals surface area contributed by atoms with Crippen molar-refractivity contribution in [3.05, 3.63) is 54.0 Å². The summed E-state index contributed by atoms with van der Waals surface area (Å²) >= 11 is 0. The third-order valence-electron chi connectivity index (χ3n) is 2.95. The summed E-state index contributed by atoms with van der Waals surface area (Å²) in [6.07, 6.45) is 4.09. The summed E-state index contributed by atoms with van der Waals surface area (Å²) in [4.78, 5) is 4.23. The second-order valence-electron chi connectivity index (χ2n) is 4.31. The van der Waals surface area contributed by atoms with Crippen molar-refractivity contribution in [3.8, 4) is 5.75 Å². The number of anilines is 1. The zero-order valence-electron chi connectivity index (χ0n) is 10.6. The Morgan fingerprint density at radius 3 is 3.00 bits per heavy atom. The highest BCUT2D eigenvalue weighted by atomic mass is 16.5. The molecule has 0 aliphatic rings. The number of nitrogens with zero attached hydrogens (tertiary/aromatic N) is 3. The van der Waals surface area contributed by atoms with E-state index in [0.29, 0.717) is 12.1 Å². The van der Waals surface area contributed by atoms with Crippen LogP contribution in [0.5, 0.6) is 5.75 Å². The molecule has 5 nitrogen and oxygen atoms in total. The van der Waals surface area contributed by atoms with E-state index in [1.165, 1.54) is 0 Å². The van der Waals surface area contributed by atoms with Crippen molar-refractivity contribution in [2.24, 2.45) is 0 Å². The lowest BCUT2D eigenvalue weighted by Crippen LogP contribution is -1.96. The van der Waals surface area contributed by atoms with Gasteiger partial charge < -0.3 is 10.5 Å². The van der Waals surface area contributed by atoms with Gasteiger partial charge in [-0.2, -0.15) is 5.10 Å². The first-order chi connectivity index (χ1) is 9.26. The first-order valence-corrected chi connectivity index (χ1v) is 5.98. The van der Waals surface area contributed by atoms with Crippen molar-refractivity contribution in [2.45, 2.75) is 6.42 Å². The Bertz CT molecular complexity index is 720. The quantitative estimate of drug-likeness (QED) is 0.775. The summed E-state index contributed by atoms with van der Waals surface area (Å²) in [6, 6.07) is 9.87. The first kappa shape index (κ1) is 11.5. The molecular formula is C14H14N4O. The van der Waals surface area contributed by atoms with Gasteiger partial charge in [0.1, 0.15) is 5.75 Å². The van der Waals surface area contributed by atoms with Gasteiger partial charge in [-0.15, -0.1) is 0 Å². The maximum absolute atomic E-state index is 5.69. The number of ether oxygens (including phenoxy) is 1. The van der Waals surface area contributed by atoms with Crippen LogP contribution in [-0.2, 0) is 6.42 Å². The Morgan fingerprint density at radius 2 is 2.16 bits per heavy atom. The van der Waals surface area contributed by atoms with E-state index in [-0.39, 0.29) is 0 Å². The Balaban J connectivity index is 1.96. The van der Waals surface area contributed by atoms with Gasteiger partial charge >= 0.3 is 0 Å². The Morgan fingerprint density at radius 1 is 1.32 bits per heavy atom. The third-order valence-corrected chi connectivity index (χ3v) is 2.95. The van der Waals surface area contributed by atoms with Gasteiger partial charge in [0.05, 0.1) is 30.9 Å². The van der Waals surface area contributed by atoms with E-state index in [1.807, 2.05) is 30.3 Å². The zero-order valence-corrected chi connectivity index (χ0v) is 10.6. The molecule has 0 aliphatic heterocycles. The topological polar surface area (TPSA) is 65.4 Å². The molecule has 0 unspecified atom stereocenters. The van der Waals surface area contributed by atoms with E-state index in [2.05, 4.69) is 10.1 Å². The van der Waals surface area contributed by atoms with E-state index < -0.39 is 0 Å². The summed E-state index contributed by atoms with van der Waals surface area (Å²) in [5, 5.41) is 4.46. The molecule has 96 valence electrons. The van der Waals surface area contributed by atoms with Gasteiger partial charge in [-0.25, -0.2) is 9.50 Å². The summed E-state index contributed by atoms with van der Waals surface area (Å²) in [5.74, 6) is 0.868. The number of nitrogen functional groups attached to an aromatic ring is 1. The molecule has 0 saturated heterocycles. The number of rotatable bonds is 3. The lowest BCUT2D eigenvalue weighted by atomic mass is 10.1. The van der Waals surface area contributed by atoms with E-state index in [1.54, 1.807) is 24.0 Å². The van der Waals surface area contributed by atoms with Gasteiger partial charge in [0.15, 0.2) is 5.65 Å². The lowest BCUT2D eigenvalue weighted by Gasteiger charge is -2.05. The number of nitrogens with two attached hydrogens (primary N) is 1. The monoisotopic (exact) mass is 254 g/mol. The smallest absolute Gasteiger partial charge is 0.155 e. The molecule has 0 atom stereocenters. The van der Waals surface area contributed by atoms with Gasteiger partial charge in [-0.1, -0.05) is 18.2 Å². The fourth-order valence-corrected chi connectivity index (χ4v) is 2.07. The number of para-hydroxylation sites is 1. The second-order valence-corrected chi connectivity index (χ2v) is 4.31. The molecule has 0 bridgehead atoms. The number of fused-ring (bicyclic) bond motifs is 1. The van der Waals surface area contributed by atoms with Crippen molar-refractivity contribution >= 4 is 11.3 Å². The van der Waals surface area contributed by atoms with Gasteiger partial charge in [0.2, 0.25) is 0 Å². The standard InChI is InChI=1S/C14H14N4O/c1-19-13-5-3-2-4-10(13)6-12-7-14-16-8-11(15)9-18(14)17-12/h2-5,7-9H,6,15H2,1H3. The van der Waals surface area contributed by atoms with Crippen LogP contribution >= 0.6 is 0 Å². The van der Waals surface area contributed by atoms with E-state index in [0.717, 1.165) is 22.7 Å². The van der Waals surface area contributed by atoms with Crippen LogP contribution in [0.3, 0.4) is 0 Å². The van der Waals surface area contributed by atoms with Crippen LogP contribution in [0.4, 0.5) is 5.69 Å². The molecule has 3 aromatic rings. The van der Waals surface area contributed by atoms with Crippen molar-refractivity contribution in [2.75, 3.05) is 12.8 Å². The van der Waals surface area contributed by atoms with Crippen molar-refractivity contribution < 1.29 is 4.74 Å². The number of aromatic nitrogens is 3. The molecule has 2 heterocycles. The highest BCUT2D eigenvalue weighted by Gasteiger charge is 2.07. The molecule has 5 heteroatoms. The predicted octanol–water partition coefficient (Wildman–Crippen LogP) is 1.91. The predicted molar refractivity (Wildman–Crippen MR) is 73.2 cm³/mol. The number of methoxy groups -OCH3 is 1. The molecule has 0 aliphatic carbocycles. The molecular weight excluding hydrogens is 240 g/mol. The van der Waals surface area contributed by atoms with Gasteiger partial charge in [0.25, 0.3) is 0 Å². The fraction of sp³-hybridized carbons (Fsp3) is 0.143. The minimum absolute atomic E-state index is 0.597. The van der Waals surface area contributed by atoms with Crippen molar-refractivity contribution in [1.29, 1.82) is 0 Å². The molecule has 0 amide bonds. The van der Waals surface area contributed by atoms with Crippen LogP contribution in [0, 0.1) is 0 Å². The van der Waals surface area contributed by atoms with Gasteiger partial charge in [-0.3, -0.25) is 0 Å². The molecule has 3 rings (SSSR count). The largest absolute Gasteiger partial charge is 0.496 e. The molecule has 1 aromatic carbocycles. The number of hydrogen-bond donors (Lipinski definition) is 1. The third kappa shape index (κ3) is 2.22. The summed E-state index contributed by atoms with van der Waals surface area (Å²) in [7, 11) is 1.67. The lowest BCUT2D eigenvalue weighted by molar-refractivity contribution is 0.410. The van der Waals surface area contributed by atoms with Crippen LogP contribution in [0.15, 0.2) is 42.7 Å². The Hall–Kier alpha value is -2.56. The minimum Gasteiger partial charge on any atom is -0.496 e. The summed E-state index contributed by atoms with van der Waals surface area (Å²) in [5.41, 5.74) is 9.11. The number of hydrogen-bond acceptors (Lipinski definition) is 4. The van der Waals surface area contributed by atoms with Gasteiger partial charge in [0, 0.05) is 18.1 Å². The number of benzene rings is 1. The average molecular weight is 254 g/mol. The van der Waals surface area contributed by atoms with Crippen LogP contribution < -0.4 is 10.5 Å². The molecule has 0 fully saturated rings. The van der Waals surface area contributed by atoms with Crippen LogP contribution in [-0.4, -0.2) is 21.7 Å². The minimum atomic E-state index is 0.597. The summed E-state index contributed by atoms with van der Waals surface area (Å²) < 4.78 is 7.04. The molecule has 0 radical (unpaired) electrons. The SMILES string of the molecule is COc1ccccc1Cc1cc2ncc(N)cn2n1. The van der Waals surface area contributed by atoms with Crippen LogP contribution in [0.25, 0.3) is 5.65 Å². The van der Waals surface area contributed by atoms with E-state index in [9.17, 15) is 0 Å². The van der Waals surface area contributed by atoms with Crippen molar-refractivity contribution in [1.82, 2.24) is 14.6 Å². The van der Waals surface area contributed by atoms with Crippen molar-refractivity contribution in [3.63, 3.8) is 0 Å². The van der Waals surface area contributed by atoms with E-state index >= 15 is 0 Å². The first-order valence-electron chi connectivity index (χ1n) is 5.98.